The average Bonchev–Trinajstić information content (AvgIpc) is 2.63. The molecule has 1 N–H and O–H groups in total. The molecule has 0 unspecified atom stereocenters. The Morgan fingerprint density at radius 3 is 2.63 bits per heavy atom. The van der Waals surface area contributed by atoms with Crippen LogP contribution in [0.1, 0.15) is 30.5 Å². The van der Waals surface area contributed by atoms with Crippen LogP contribution in [0.3, 0.4) is 0 Å². The lowest BCUT2D eigenvalue weighted by molar-refractivity contribution is 0.000927. The number of ether oxygens (including phenoxy) is 2. The summed E-state index contributed by atoms with van der Waals surface area (Å²) >= 11 is 0. The van der Waals surface area contributed by atoms with Crippen molar-refractivity contribution in [3.05, 3.63) is 34.9 Å². The van der Waals surface area contributed by atoms with Crippen LogP contribution in [0.4, 0.5) is 0 Å². The summed E-state index contributed by atoms with van der Waals surface area (Å²) in [6, 6.07) is 6.61. The minimum Gasteiger partial charge on any atom is -0.389 e. The lowest BCUT2D eigenvalue weighted by atomic mass is 10.0. The van der Waals surface area contributed by atoms with Crippen molar-refractivity contribution >= 4 is 0 Å². The van der Waals surface area contributed by atoms with Gasteiger partial charge in [0.05, 0.1) is 25.9 Å². The lowest BCUT2D eigenvalue weighted by Gasteiger charge is -2.31. The molecule has 5 nitrogen and oxygen atoms in total. The molecule has 0 amide bonds. The van der Waals surface area contributed by atoms with Gasteiger partial charge in [-0.05, 0) is 30.9 Å². The minimum absolute atomic E-state index is 0.402. The van der Waals surface area contributed by atoms with E-state index in [4.69, 9.17) is 9.47 Å². The molecule has 0 bridgehead atoms. The maximum atomic E-state index is 10.5. The molecule has 2 rings (SSSR count). The van der Waals surface area contributed by atoms with Crippen LogP contribution in [0.2, 0.25) is 0 Å². The highest BCUT2D eigenvalue weighted by Gasteiger charge is 2.17. The number of aliphatic hydroxyl groups excluding tert-OH is 1. The second-order valence-corrected chi connectivity index (χ2v) is 8.20. The number of hydrogen-bond donors (Lipinski definition) is 1. The van der Waals surface area contributed by atoms with E-state index in [1.165, 1.54) is 16.7 Å². The summed E-state index contributed by atoms with van der Waals surface area (Å²) in [5.74, 6) is 0.490. The molecule has 0 radical (unpaired) electrons. The quantitative estimate of drug-likeness (QED) is 0.641. The van der Waals surface area contributed by atoms with Gasteiger partial charge in [-0.25, -0.2) is 0 Å². The first-order valence-electron chi connectivity index (χ1n) is 10.3. The van der Waals surface area contributed by atoms with Crippen molar-refractivity contribution < 1.29 is 14.6 Å². The zero-order valence-corrected chi connectivity index (χ0v) is 17.6. The van der Waals surface area contributed by atoms with Crippen molar-refractivity contribution in [3.8, 4) is 0 Å². The molecule has 0 spiro atoms. The zero-order chi connectivity index (χ0) is 19.6. The van der Waals surface area contributed by atoms with Gasteiger partial charge in [-0.15, -0.1) is 0 Å². The SMILES string of the molecule is Cc1ccc(C)c(CN(CCN2CCOCC2)C[C@@H](O)COCC(C)C)c1. The molecular weight excluding hydrogens is 340 g/mol. The fraction of sp³-hybridized carbons (Fsp3) is 0.727. The highest BCUT2D eigenvalue weighted by molar-refractivity contribution is 5.30. The lowest BCUT2D eigenvalue weighted by Crippen LogP contribution is -2.43. The number of morpholine rings is 1. The topological polar surface area (TPSA) is 45.2 Å². The molecule has 154 valence electrons. The summed E-state index contributed by atoms with van der Waals surface area (Å²) in [5, 5.41) is 10.5. The number of hydrogen-bond acceptors (Lipinski definition) is 5. The molecule has 1 aromatic rings. The third-order valence-electron chi connectivity index (χ3n) is 4.97. The Labute approximate surface area is 165 Å². The number of benzene rings is 1. The predicted octanol–water partition coefficient (Wildman–Crippen LogP) is 2.47. The summed E-state index contributed by atoms with van der Waals surface area (Å²) in [6.45, 7) is 16.7. The molecule has 1 heterocycles. The van der Waals surface area contributed by atoms with Crippen LogP contribution in [0.15, 0.2) is 18.2 Å². The van der Waals surface area contributed by atoms with Crippen LogP contribution < -0.4 is 0 Å². The summed E-state index contributed by atoms with van der Waals surface area (Å²) in [5.41, 5.74) is 3.93. The molecule has 1 fully saturated rings. The first-order valence-corrected chi connectivity index (χ1v) is 10.3. The zero-order valence-electron chi connectivity index (χ0n) is 17.6. The van der Waals surface area contributed by atoms with Gasteiger partial charge in [-0.2, -0.15) is 0 Å². The Kier molecular flexibility index (Phi) is 9.73. The third kappa shape index (κ3) is 8.71. The molecule has 1 atom stereocenters. The number of nitrogens with zero attached hydrogens (tertiary/aromatic N) is 2. The molecule has 1 aliphatic heterocycles. The van der Waals surface area contributed by atoms with Gasteiger partial charge in [0.15, 0.2) is 0 Å². The van der Waals surface area contributed by atoms with E-state index >= 15 is 0 Å². The fourth-order valence-corrected chi connectivity index (χ4v) is 3.34. The summed E-state index contributed by atoms with van der Waals surface area (Å²) in [6.07, 6.45) is -0.460. The first kappa shape index (κ1) is 22.3. The van der Waals surface area contributed by atoms with E-state index in [9.17, 15) is 5.11 Å². The van der Waals surface area contributed by atoms with Gasteiger partial charge < -0.3 is 14.6 Å². The van der Waals surface area contributed by atoms with E-state index in [0.29, 0.717) is 25.7 Å². The molecular formula is C22H38N2O3. The van der Waals surface area contributed by atoms with Gasteiger partial charge in [0, 0.05) is 45.9 Å². The van der Waals surface area contributed by atoms with Gasteiger partial charge in [0.2, 0.25) is 0 Å². The number of aryl methyl sites for hydroxylation is 2. The highest BCUT2D eigenvalue weighted by atomic mass is 16.5. The number of rotatable bonds is 11. The first-order chi connectivity index (χ1) is 12.9. The standard InChI is InChI=1S/C22H38N2O3/c1-18(2)16-27-17-22(25)15-24(8-7-23-9-11-26-12-10-23)14-21-13-19(3)5-6-20(21)4/h5-6,13,18,22,25H,7-12,14-17H2,1-4H3/t22-/m1/s1. The second kappa shape index (κ2) is 11.8. The van der Waals surface area contributed by atoms with Crippen LogP contribution in [-0.4, -0.2) is 80.2 Å². The molecule has 0 aliphatic carbocycles. The Hall–Kier alpha value is -0.980. The molecule has 1 saturated heterocycles. The van der Waals surface area contributed by atoms with E-state index in [2.05, 4.69) is 55.7 Å². The van der Waals surface area contributed by atoms with Gasteiger partial charge >= 0.3 is 0 Å². The van der Waals surface area contributed by atoms with E-state index < -0.39 is 6.10 Å². The molecule has 5 heteroatoms. The van der Waals surface area contributed by atoms with Crippen molar-refractivity contribution in [1.29, 1.82) is 0 Å². The van der Waals surface area contributed by atoms with Crippen molar-refractivity contribution in [3.63, 3.8) is 0 Å². The monoisotopic (exact) mass is 378 g/mol. The van der Waals surface area contributed by atoms with Gasteiger partial charge in [-0.1, -0.05) is 37.6 Å². The smallest absolute Gasteiger partial charge is 0.0900 e. The van der Waals surface area contributed by atoms with Crippen LogP contribution in [0, 0.1) is 19.8 Å². The largest absolute Gasteiger partial charge is 0.389 e. The summed E-state index contributed by atoms with van der Waals surface area (Å²) < 4.78 is 11.1. The molecule has 27 heavy (non-hydrogen) atoms. The fourth-order valence-electron chi connectivity index (χ4n) is 3.34. The molecule has 1 aromatic carbocycles. The molecule has 0 saturated carbocycles. The van der Waals surface area contributed by atoms with E-state index in [1.807, 2.05) is 0 Å². The third-order valence-corrected chi connectivity index (χ3v) is 4.97. The van der Waals surface area contributed by atoms with Crippen LogP contribution in [0.5, 0.6) is 0 Å². The maximum absolute atomic E-state index is 10.5. The van der Waals surface area contributed by atoms with Gasteiger partial charge in [0.1, 0.15) is 0 Å². The van der Waals surface area contributed by atoms with Crippen molar-refractivity contribution in [1.82, 2.24) is 9.80 Å². The average molecular weight is 379 g/mol. The Balaban J connectivity index is 1.92. The van der Waals surface area contributed by atoms with Crippen LogP contribution in [-0.2, 0) is 16.0 Å². The van der Waals surface area contributed by atoms with Crippen molar-refractivity contribution in [2.75, 3.05) is 59.2 Å². The van der Waals surface area contributed by atoms with Crippen LogP contribution in [0.25, 0.3) is 0 Å². The van der Waals surface area contributed by atoms with E-state index in [-0.39, 0.29) is 0 Å². The second-order valence-electron chi connectivity index (χ2n) is 8.20. The Morgan fingerprint density at radius 1 is 1.19 bits per heavy atom. The molecule has 0 aromatic heterocycles. The summed E-state index contributed by atoms with van der Waals surface area (Å²) in [7, 11) is 0. The Bertz CT molecular complexity index is 544. The van der Waals surface area contributed by atoms with E-state index in [0.717, 1.165) is 45.9 Å². The molecule has 1 aliphatic rings. The maximum Gasteiger partial charge on any atom is 0.0900 e. The Morgan fingerprint density at radius 2 is 1.93 bits per heavy atom. The van der Waals surface area contributed by atoms with E-state index in [1.54, 1.807) is 0 Å². The van der Waals surface area contributed by atoms with Crippen molar-refractivity contribution in [2.24, 2.45) is 5.92 Å². The minimum atomic E-state index is -0.460. The van der Waals surface area contributed by atoms with Crippen molar-refractivity contribution in [2.45, 2.75) is 40.3 Å². The highest BCUT2D eigenvalue weighted by Crippen LogP contribution is 2.14. The van der Waals surface area contributed by atoms with Crippen LogP contribution >= 0.6 is 0 Å². The predicted molar refractivity (Wildman–Crippen MR) is 110 cm³/mol. The van der Waals surface area contributed by atoms with Gasteiger partial charge in [-0.3, -0.25) is 9.80 Å². The normalized spacial score (nSPS) is 17.0. The van der Waals surface area contributed by atoms with Gasteiger partial charge in [0.25, 0.3) is 0 Å². The number of aliphatic hydroxyl groups is 1. The summed E-state index contributed by atoms with van der Waals surface area (Å²) in [4.78, 5) is 4.81.